The molecule has 114 valence electrons. The van der Waals surface area contributed by atoms with Gasteiger partial charge in [-0.1, -0.05) is 6.92 Å². The van der Waals surface area contributed by atoms with E-state index in [9.17, 15) is 4.79 Å². The average molecular weight is 290 g/mol. The van der Waals surface area contributed by atoms with Gasteiger partial charge in [0.2, 0.25) is 5.91 Å². The second-order valence-corrected chi connectivity index (χ2v) is 5.05. The second kappa shape index (κ2) is 6.51. The summed E-state index contributed by atoms with van der Waals surface area (Å²) < 4.78 is 1.81. The molecule has 0 saturated carbocycles. The van der Waals surface area contributed by atoms with E-state index in [1.807, 2.05) is 32.4 Å². The van der Waals surface area contributed by atoms with Crippen LogP contribution in [0.3, 0.4) is 0 Å². The molecule has 0 saturated heterocycles. The van der Waals surface area contributed by atoms with Gasteiger partial charge in [0.15, 0.2) is 0 Å². The van der Waals surface area contributed by atoms with Crippen LogP contribution in [0, 0.1) is 13.8 Å². The summed E-state index contributed by atoms with van der Waals surface area (Å²) in [5.41, 5.74) is 2.76. The smallest absolute Gasteiger partial charge is 0.225 e. The molecule has 2 aromatic rings. The molecular formula is C14H22N6O. The summed E-state index contributed by atoms with van der Waals surface area (Å²) in [6.45, 7) is 8.59. The average Bonchev–Trinajstić information content (AvgIpc) is 3.06. The number of nitrogens with one attached hydrogen (secondary N) is 2. The molecule has 1 atom stereocenters. The van der Waals surface area contributed by atoms with E-state index in [4.69, 9.17) is 0 Å². The Morgan fingerprint density at radius 2 is 2.19 bits per heavy atom. The largest absolute Gasteiger partial charge is 0.346 e. The topological polar surface area (TPSA) is 88.5 Å². The van der Waals surface area contributed by atoms with Crippen molar-refractivity contribution in [3.8, 4) is 0 Å². The highest BCUT2D eigenvalue weighted by atomic mass is 16.1. The van der Waals surface area contributed by atoms with E-state index in [0.29, 0.717) is 6.42 Å². The zero-order valence-electron chi connectivity index (χ0n) is 13.0. The molecular weight excluding hydrogens is 268 g/mol. The minimum Gasteiger partial charge on any atom is -0.346 e. The summed E-state index contributed by atoms with van der Waals surface area (Å²) in [6.07, 6.45) is 2.62. The standard InChI is InChI=1S/C14H22N6O/c1-5-12(14-15-8-16-20(14)6-2)17-13(21)7-11-9(3)18-19-10(11)4/h8,12H,5-7H2,1-4H3,(H,17,21)(H,18,19)/t12-/m1/s1. The maximum atomic E-state index is 12.3. The van der Waals surface area contributed by atoms with Crippen molar-refractivity contribution in [2.45, 2.75) is 53.1 Å². The van der Waals surface area contributed by atoms with Gasteiger partial charge in [0, 0.05) is 17.8 Å². The summed E-state index contributed by atoms with van der Waals surface area (Å²) in [4.78, 5) is 16.5. The minimum atomic E-state index is -0.118. The molecule has 21 heavy (non-hydrogen) atoms. The highest BCUT2D eigenvalue weighted by molar-refractivity contribution is 5.79. The van der Waals surface area contributed by atoms with Crippen LogP contribution >= 0.6 is 0 Å². The molecule has 7 heteroatoms. The molecule has 0 aromatic carbocycles. The van der Waals surface area contributed by atoms with Gasteiger partial charge in [-0.15, -0.1) is 0 Å². The number of aromatic amines is 1. The van der Waals surface area contributed by atoms with Gasteiger partial charge in [-0.3, -0.25) is 9.89 Å². The van der Waals surface area contributed by atoms with Crippen LogP contribution in [0.15, 0.2) is 6.33 Å². The van der Waals surface area contributed by atoms with Gasteiger partial charge in [0.1, 0.15) is 12.2 Å². The van der Waals surface area contributed by atoms with E-state index in [0.717, 1.165) is 35.7 Å². The van der Waals surface area contributed by atoms with Crippen LogP contribution in [0.2, 0.25) is 0 Å². The Balaban J connectivity index is 2.07. The monoisotopic (exact) mass is 290 g/mol. The highest BCUT2D eigenvalue weighted by Gasteiger charge is 2.19. The van der Waals surface area contributed by atoms with Crippen molar-refractivity contribution >= 4 is 5.91 Å². The lowest BCUT2D eigenvalue weighted by Crippen LogP contribution is -2.31. The summed E-state index contributed by atoms with van der Waals surface area (Å²) in [5.74, 6) is 0.772. The van der Waals surface area contributed by atoms with Crippen molar-refractivity contribution in [2.24, 2.45) is 0 Å². The van der Waals surface area contributed by atoms with E-state index < -0.39 is 0 Å². The third-order valence-electron chi connectivity index (χ3n) is 3.62. The number of nitrogens with zero attached hydrogens (tertiary/aromatic N) is 4. The van der Waals surface area contributed by atoms with Crippen molar-refractivity contribution in [2.75, 3.05) is 0 Å². The van der Waals surface area contributed by atoms with Crippen LogP contribution in [-0.2, 0) is 17.8 Å². The predicted octanol–water partition coefficient (Wildman–Crippen LogP) is 1.45. The van der Waals surface area contributed by atoms with Gasteiger partial charge < -0.3 is 5.32 Å². The first-order chi connectivity index (χ1) is 10.1. The van der Waals surface area contributed by atoms with E-state index in [1.165, 1.54) is 6.33 Å². The maximum Gasteiger partial charge on any atom is 0.225 e. The quantitative estimate of drug-likeness (QED) is 0.842. The van der Waals surface area contributed by atoms with E-state index in [2.05, 4.69) is 25.6 Å². The molecule has 0 aliphatic carbocycles. The van der Waals surface area contributed by atoms with E-state index in [1.54, 1.807) is 0 Å². The second-order valence-electron chi connectivity index (χ2n) is 5.05. The van der Waals surface area contributed by atoms with Gasteiger partial charge in [-0.25, -0.2) is 9.67 Å². The first-order valence-corrected chi connectivity index (χ1v) is 7.24. The Kier molecular flexibility index (Phi) is 4.72. The van der Waals surface area contributed by atoms with Crippen LogP contribution in [0.5, 0.6) is 0 Å². The number of amides is 1. The van der Waals surface area contributed by atoms with Gasteiger partial charge in [-0.2, -0.15) is 10.2 Å². The third-order valence-corrected chi connectivity index (χ3v) is 3.62. The van der Waals surface area contributed by atoms with Gasteiger partial charge in [0.05, 0.1) is 18.2 Å². The molecule has 0 unspecified atom stereocenters. The lowest BCUT2D eigenvalue weighted by atomic mass is 10.1. The van der Waals surface area contributed by atoms with Crippen molar-refractivity contribution in [3.05, 3.63) is 29.1 Å². The number of hydrogen-bond donors (Lipinski definition) is 2. The van der Waals surface area contributed by atoms with E-state index in [-0.39, 0.29) is 11.9 Å². The molecule has 0 radical (unpaired) electrons. The van der Waals surface area contributed by atoms with Crippen LogP contribution in [0.4, 0.5) is 0 Å². The number of hydrogen-bond acceptors (Lipinski definition) is 4. The van der Waals surface area contributed by atoms with Crippen LogP contribution in [0.25, 0.3) is 0 Å². The molecule has 1 amide bonds. The molecule has 7 nitrogen and oxygen atoms in total. The summed E-state index contributed by atoms with van der Waals surface area (Å²) >= 11 is 0. The fourth-order valence-electron chi connectivity index (χ4n) is 2.38. The molecule has 2 aromatic heterocycles. The van der Waals surface area contributed by atoms with Crippen LogP contribution in [-0.4, -0.2) is 30.9 Å². The summed E-state index contributed by atoms with van der Waals surface area (Å²) in [5, 5.41) is 14.2. The first-order valence-electron chi connectivity index (χ1n) is 7.24. The lowest BCUT2D eigenvalue weighted by Gasteiger charge is -2.17. The van der Waals surface area contributed by atoms with Gasteiger partial charge in [-0.05, 0) is 27.2 Å². The van der Waals surface area contributed by atoms with Crippen LogP contribution in [0.1, 0.15) is 49.1 Å². The number of aryl methyl sites for hydroxylation is 3. The first kappa shape index (κ1) is 15.2. The van der Waals surface area contributed by atoms with Gasteiger partial charge in [0.25, 0.3) is 0 Å². The van der Waals surface area contributed by atoms with Crippen molar-refractivity contribution in [3.63, 3.8) is 0 Å². The Labute approximate surface area is 124 Å². The molecule has 0 spiro atoms. The Bertz CT molecular complexity index is 595. The van der Waals surface area contributed by atoms with Crippen molar-refractivity contribution in [1.29, 1.82) is 0 Å². The Morgan fingerprint density at radius 3 is 2.76 bits per heavy atom. The lowest BCUT2D eigenvalue weighted by molar-refractivity contribution is -0.121. The molecule has 0 fully saturated rings. The van der Waals surface area contributed by atoms with E-state index >= 15 is 0 Å². The van der Waals surface area contributed by atoms with Gasteiger partial charge >= 0.3 is 0 Å². The fraction of sp³-hybridized carbons (Fsp3) is 0.571. The molecule has 0 bridgehead atoms. The number of aromatic nitrogens is 5. The zero-order valence-corrected chi connectivity index (χ0v) is 13.0. The predicted molar refractivity (Wildman–Crippen MR) is 78.6 cm³/mol. The summed E-state index contributed by atoms with van der Waals surface area (Å²) in [6, 6.07) is -0.118. The highest BCUT2D eigenvalue weighted by Crippen LogP contribution is 2.15. The maximum absolute atomic E-state index is 12.3. The number of rotatable bonds is 6. The minimum absolute atomic E-state index is 0.0277. The third kappa shape index (κ3) is 3.29. The van der Waals surface area contributed by atoms with Crippen molar-refractivity contribution < 1.29 is 4.79 Å². The van der Waals surface area contributed by atoms with Crippen LogP contribution < -0.4 is 5.32 Å². The molecule has 2 N–H and O–H groups in total. The Hall–Kier alpha value is -2.18. The summed E-state index contributed by atoms with van der Waals surface area (Å²) in [7, 11) is 0. The SMILES string of the molecule is CC[C@@H](NC(=O)Cc1c(C)n[nH]c1C)c1ncnn1CC. The molecule has 2 heterocycles. The fourth-order valence-corrected chi connectivity index (χ4v) is 2.38. The number of H-pyrrole nitrogens is 1. The number of carbonyl (C=O) groups excluding carboxylic acids is 1. The normalized spacial score (nSPS) is 12.4. The molecule has 0 aliphatic heterocycles. The molecule has 0 aliphatic rings. The Morgan fingerprint density at radius 1 is 1.43 bits per heavy atom. The molecule has 2 rings (SSSR count). The number of carbonyl (C=O) groups is 1. The van der Waals surface area contributed by atoms with Crippen molar-refractivity contribution in [1.82, 2.24) is 30.3 Å². The zero-order chi connectivity index (χ0) is 15.4.